The summed E-state index contributed by atoms with van der Waals surface area (Å²) < 4.78 is 27.9. The van der Waals surface area contributed by atoms with Gasteiger partial charge in [0.25, 0.3) is 10.0 Å². The Hall–Kier alpha value is -2.87. The van der Waals surface area contributed by atoms with Crippen molar-refractivity contribution in [3.05, 3.63) is 60.2 Å². The number of nitrogens with zero attached hydrogens (tertiary/aromatic N) is 3. The van der Waals surface area contributed by atoms with Gasteiger partial charge in [0.05, 0.1) is 10.9 Å². The van der Waals surface area contributed by atoms with Gasteiger partial charge in [-0.05, 0) is 36.8 Å². The van der Waals surface area contributed by atoms with Crippen molar-refractivity contribution in [2.45, 2.75) is 24.3 Å². The van der Waals surface area contributed by atoms with E-state index in [-0.39, 0.29) is 22.6 Å². The summed E-state index contributed by atoms with van der Waals surface area (Å²) in [5, 5.41) is 15.3. The van der Waals surface area contributed by atoms with Gasteiger partial charge in [-0.25, -0.2) is 18.1 Å². The third kappa shape index (κ3) is 3.85. The van der Waals surface area contributed by atoms with Gasteiger partial charge in [0.2, 0.25) is 5.96 Å². The molecular formula is C18H20N4O3S. The fourth-order valence-electron chi connectivity index (χ4n) is 2.68. The molecule has 1 heterocycles. The molecule has 0 spiro atoms. The topological polar surface area (TPSA) is 94.4 Å². The number of nitrogens with one attached hydrogen (secondary N) is 1. The summed E-state index contributed by atoms with van der Waals surface area (Å²) in [4.78, 5) is 4.34. The van der Waals surface area contributed by atoms with E-state index in [9.17, 15) is 13.5 Å². The zero-order valence-corrected chi connectivity index (χ0v) is 15.1. The second-order valence-corrected chi connectivity index (χ2v) is 7.38. The number of rotatable bonds is 4. The standard InChI is InChI=1S/C18H20N4O3S/c1-2-19-18(21-26(24,25)16-10-8-15(23)9-11-16)22-17(12-13-20-22)14-6-4-3-5-7-14/h3-11,13,17,23H,2,12H2,1H3,(H,19,21). The molecule has 2 aromatic rings. The van der Waals surface area contributed by atoms with E-state index in [0.717, 1.165) is 5.56 Å². The molecule has 0 aliphatic carbocycles. The van der Waals surface area contributed by atoms with Crippen molar-refractivity contribution < 1.29 is 13.5 Å². The molecule has 2 aromatic carbocycles. The lowest BCUT2D eigenvalue weighted by Gasteiger charge is -2.25. The van der Waals surface area contributed by atoms with Crippen molar-refractivity contribution in [2.24, 2.45) is 10.1 Å². The van der Waals surface area contributed by atoms with Crippen LogP contribution < -0.4 is 4.72 Å². The highest BCUT2D eigenvalue weighted by Gasteiger charge is 2.29. The van der Waals surface area contributed by atoms with Crippen LogP contribution in [0.2, 0.25) is 0 Å². The van der Waals surface area contributed by atoms with E-state index in [1.807, 2.05) is 37.3 Å². The Balaban J connectivity index is 1.88. The lowest BCUT2D eigenvalue weighted by atomic mass is 10.1. The summed E-state index contributed by atoms with van der Waals surface area (Å²) >= 11 is 0. The number of hydrogen-bond donors (Lipinski definition) is 2. The second kappa shape index (κ2) is 7.57. The molecule has 0 saturated heterocycles. The Morgan fingerprint density at radius 3 is 2.58 bits per heavy atom. The number of sulfonamides is 1. The van der Waals surface area contributed by atoms with Gasteiger partial charge in [-0.15, -0.1) is 0 Å². The predicted octanol–water partition coefficient (Wildman–Crippen LogP) is 2.48. The van der Waals surface area contributed by atoms with Crippen LogP contribution >= 0.6 is 0 Å². The van der Waals surface area contributed by atoms with Gasteiger partial charge in [0.15, 0.2) is 0 Å². The fourth-order valence-corrected chi connectivity index (χ4v) is 3.69. The van der Waals surface area contributed by atoms with E-state index >= 15 is 0 Å². The maximum absolute atomic E-state index is 12.7. The Morgan fingerprint density at radius 2 is 1.92 bits per heavy atom. The minimum atomic E-state index is -3.85. The number of phenols is 1. The first-order chi connectivity index (χ1) is 12.5. The largest absolute Gasteiger partial charge is 0.508 e. The zero-order valence-electron chi connectivity index (χ0n) is 14.3. The quantitative estimate of drug-likeness (QED) is 0.637. The fraction of sp³-hybridized carbons (Fsp3) is 0.222. The molecule has 0 bridgehead atoms. The van der Waals surface area contributed by atoms with Crippen molar-refractivity contribution in [1.29, 1.82) is 0 Å². The number of hydrazone groups is 1. The van der Waals surface area contributed by atoms with Gasteiger partial charge >= 0.3 is 0 Å². The van der Waals surface area contributed by atoms with E-state index in [1.165, 1.54) is 24.3 Å². The van der Waals surface area contributed by atoms with Crippen LogP contribution in [0.25, 0.3) is 0 Å². The van der Waals surface area contributed by atoms with E-state index in [0.29, 0.717) is 13.0 Å². The summed E-state index contributed by atoms with van der Waals surface area (Å²) in [5.41, 5.74) is 1.03. The van der Waals surface area contributed by atoms with Gasteiger partial charge in [0.1, 0.15) is 5.75 Å². The highest BCUT2D eigenvalue weighted by Crippen LogP contribution is 2.28. The van der Waals surface area contributed by atoms with Crippen molar-refractivity contribution in [1.82, 2.24) is 9.73 Å². The molecule has 8 heteroatoms. The molecule has 0 radical (unpaired) electrons. The van der Waals surface area contributed by atoms with Gasteiger partial charge in [-0.1, -0.05) is 30.3 Å². The minimum Gasteiger partial charge on any atom is -0.508 e. The molecule has 0 fully saturated rings. The van der Waals surface area contributed by atoms with Gasteiger partial charge in [0, 0.05) is 19.2 Å². The smallest absolute Gasteiger partial charge is 0.264 e. The third-order valence-corrected chi connectivity index (χ3v) is 5.26. The van der Waals surface area contributed by atoms with Crippen LogP contribution in [0.1, 0.15) is 24.9 Å². The Bertz CT molecular complexity index is 909. The first-order valence-corrected chi connectivity index (χ1v) is 9.72. The molecule has 136 valence electrons. The molecule has 0 aromatic heterocycles. The predicted molar refractivity (Wildman–Crippen MR) is 101 cm³/mol. The number of hydrogen-bond acceptors (Lipinski definition) is 5. The summed E-state index contributed by atoms with van der Waals surface area (Å²) in [7, 11) is -3.85. The van der Waals surface area contributed by atoms with E-state index in [4.69, 9.17) is 0 Å². The normalized spacial score (nSPS) is 17.5. The molecule has 1 atom stereocenters. The van der Waals surface area contributed by atoms with Crippen LogP contribution in [0.5, 0.6) is 5.75 Å². The maximum Gasteiger partial charge on any atom is 0.264 e. The molecule has 1 unspecified atom stereocenters. The first kappa shape index (κ1) is 17.9. The molecule has 1 aliphatic rings. The monoisotopic (exact) mass is 372 g/mol. The van der Waals surface area contributed by atoms with Crippen molar-refractivity contribution in [2.75, 3.05) is 6.54 Å². The van der Waals surface area contributed by atoms with Crippen LogP contribution in [0.3, 0.4) is 0 Å². The number of phenolic OH excluding ortho intramolecular Hbond substituents is 1. The van der Waals surface area contributed by atoms with Crippen LogP contribution in [0.4, 0.5) is 0 Å². The lowest BCUT2D eigenvalue weighted by molar-refractivity contribution is 0.361. The number of aliphatic imine (C=N–C) groups is 1. The Morgan fingerprint density at radius 1 is 1.23 bits per heavy atom. The van der Waals surface area contributed by atoms with Gasteiger partial charge in [-0.2, -0.15) is 5.10 Å². The van der Waals surface area contributed by atoms with Crippen molar-refractivity contribution >= 4 is 22.2 Å². The second-order valence-electron chi connectivity index (χ2n) is 5.70. The highest BCUT2D eigenvalue weighted by molar-refractivity contribution is 7.90. The van der Waals surface area contributed by atoms with Crippen LogP contribution in [0.15, 0.2) is 69.6 Å². The van der Waals surface area contributed by atoms with Crippen LogP contribution in [-0.2, 0) is 10.0 Å². The number of aromatic hydroxyl groups is 1. The minimum absolute atomic E-state index is 0.000293. The van der Waals surface area contributed by atoms with Crippen molar-refractivity contribution in [3.8, 4) is 5.75 Å². The zero-order chi connectivity index (χ0) is 18.6. The summed E-state index contributed by atoms with van der Waals surface area (Å²) in [6.45, 7) is 2.23. The van der Waals surface area contributed by atoms with E-state index < -0.39 is 10.0 Å². The first-order valence-electron chi connectivity index (χ1n) is 8.24. The molecule has 0 amide bonds. The van der Waals surface area contributed by atoms with Gasteiger partial charge < -0.3 is 5.11 Å². The van der Waals surface area contributed by atoms with Gasteiger partial charge in [-0.3, -0.25) is 4.99 Å². The molecule has 0 saturated carbocycles. The summed E-state index contributed by atoms with van der Waals surface area (Å²) in [6.07, 6.45) is 2.41. The molecule has 26 heavy (non-hydrogen) atoms. The average molecular weight is 372 g/mol. The summed E-state index contributed by atoms with van der Waals surface area (Å²) in [6, 6.07) is 15.0. The lowest BCUT2D eigenvalue weighted by Crippen LogP contribution is -2.42. The Kier molecular flexibility index (Phi) is 5.22. The SMILES string of the molecule is CCN=C(NS(=O)(=O)c1ccc(O)cc1)N1N=CCC1c1ccccc1. The van der Waals surface area contributed by atoms with E-state index in [2.05, 4.69) is 14.8 Å². The molecule has 1 aliphatic heterocycles. The number of benzene rings is 2. The van der Waals surface area contributed by atoms with E-state index in [1.54, 1.807) is 11.2 Å². The average Bonchev–Trinajstić information content (AvgIpc) is 3.12. The molecule has 2 N–H and O–H groups in total. The molecular weight excluding hydrogens is 352 g/mol. The third-order valence-electron chi connectivity index (χ3n) is 3.91. The van der Waals surface area contributed by atoms with Crippen LogP contribution in [-0.4, -0.2) is 37.3 Å². The van der Waals surface area contributed by atoms with Crippen molar-refractivity contribution in [3.63, 3.8) is 0 Å². The Labute approximate surface area is 152 Å². The number of guanidine groups is 1. The highest BCUT2D eigenvalue weighted by atomic mass is 32.2. The van der Waals surface area contributed by atoms with Crippen LogP contribution in [0, 0.1) is 0 Å². The molecule has 3 rings (SSSR count). The molecule has 7 nitrogen and oxygen atoms in total. The maximum atomic E-state index is 12.7. The summed E-state index contributed by atoms with van der Waals surface area (Å²) in [5.74, 6) is 0.169.